The maximum Gasteiger partial charge on any atom is 0.460 e. The van der Waals surface area contributed by atoms with Gasteiger partial charge in [-0.3, -0.25) is 0 Å². The second-order valence-electron chi connectivity index (χ2n) is 4.98. The normalized spacial score (nSPS) is 16.7. The van der Waals surface area contributed by atoms with E-state index in [-0.39, 0.29) is 0 Å². The minimum atomic E-state index is -8.88. The lowest BCUT2D eigenvalue weighted by molar-refractivity contribution is -0.458. The first kappa shape index (κ1) is 29.0. The third-order valence-electron chi connectivity index (χ3n) is 3.09. The van der Waals surface area contributed by atoms with Crippen LogP contribution in [-0.2, 0) is 13.9 Å². The van der Waals surface area contributed by atoms with Crippen molar-refractivity contribution in [3.05, 3.63) is 0 Å². The van der Waals surface area contributed by atoms with Crippen LogP contribution in [0.5, 0.6) is 0 Å². The molecule has 0 rings (SSSR count). The summed E-state index contributed by atoms with van der Waals surface area (Å²) in [5.74, 6) is -51.9. The highest BCUT2D eigenvalue weighted by molar-refractivity contribution is 7.88. The van der Waals surface area contributed by atoms with E-state index in [1.54, 1.807) is 0 Å². The van der Waals surface area contributed by atoms with Gasteiger partial charge in [0, 0.05) is 0 Å². The molecule has 0 aromatic heterocycles. The smallest absolute Gasteiger partial charge is 0.192 e. The van der Waals surface area contributed by atoms with Crippen molar-refractivity contribution < 1.29 is 86.8 Å². The van der Waals surface area contributed by atoms with Crippen molar-refractivity contribution in [3.8, 4) is 0 Å². The summed E-state index contributed by atoms with van der Waals surface area (Å²) < 4.78 is 240. The topological polar surface area (TPSA) is 43.4 Å². The molecular formula is C8ClF17O3S. The van der Waals surface area contributed by atoms with Gasteiger partial charge in [-0.05, 0) is 0 Å². The molecule has 0 aromatic rings. The summed E-state index contributed by atoms with van der Waals surface area (Å²) in [6.45, 7) is 0. The minimum absolute atomic E-state index is 2.08. The van der Waals surface area contributed by atoms with E-state index >= 15 is 0 Å². The molecule has 182 valence electrons. The average molecular weight is 535 g/mol. The zero-order valence-corrected chi connectivity index (χ0v) is 14.0. The predicted octanol–water partition coefficient (Wildman–Crippen LogP) is 5.45. The van der Waals surface area contributed by atoms with E-state index in [4.69, 9.17) is 0 Å². The van der Waals surface area contributed by atoms with Crippen LogP contribution in [0.3, 0.4) is 0 Å². The zero-order chi connectivity index (χ0) is 25.2. The van der Waals surface area contributed by atoms with Gasteiger partial charge in [0.05, 0.1) is 11.9 Å². The maximum absolute atomic E-state index is 13.2. The lowest BCUT2D eigenvalue weighted by atomic mass is 9.91. The van der Waals surface area contributed by atoms with Crippen molar-refractivity contribution in [2.24, 2.45) is 0 Å². The lowest BCUT2D eigenvalue weighted by Gasteiger charge is -2.42. The van der Waals surface area contributed by atoms with E-state index in [0.717, 1.165) is 0 Å². The van der Waals surface area contributed by atoms with Crippen LogP contribution in [0.4, 0.5) is 74.6 Å². The molecular weight excluding hydrogens is 535 g/mol. The number of alkyl halides is 17. The summed E-state index contributed by atoms with van der Waals surface area (Å²) in [6.07, 6.45) is -7.88. The summed E-state index contributed by atoms with van der Waals surface area (Å²) >= 11 is 3.69. The Morgan fingerprint density at radius 1 is 0.467 bits per heavy atom. The van der Waals surface area contributed by atoms with E-state index < -0.39 is 57.1 Å². The van der Waals surface area contributed by atoms with Crippen LogP contribution in [-0.4, -0.2) is 55.4 Å². The second-order valence-corrected chi connectivity index (χ2v) is 6.90. The molecule has 22 heteroatoms. The van der Waals surface area contributed by atoms with E-state index in [1.807, 2.05) is 0 Å². The second kappa shape index (κ2) is 7.01. The Morgan fingerprint density at radius 3 is 0.933 bits per heavy atom. The quantitative estimate of drug-likeness (QED) is 0.389. The van der Waals surface area contributed by atoms with Crippen molar-refractivity contribution in [1.29, 1.82) is 0 Å². The van der Waals surface area contributed by atoms with Crippen LogP contribution in [0, 0.1) is 0 Å². The SMILES string of the molecule is O=S(=O)(OCl)C(F)(F)C(F)(F)C(F)(F)C(F)(F)C(F)(F)C(F)(F)C(F)(F)C(F)(F)F. The van der Waals surface area contributed by atoms with Crippen LogP contribution in [0.15, 0.2) is 0 Å². The van der Waals surface area contributed by atoms with Crippen LogP contribution in [0.2, 0.25) is 0 Å². The molecule has 30 heavy (non-hydrogen) atoms. The maximum atomic E-state index is 13.2. The van der Waals surface area contributed by atoms with Crippen molar-refractivity contribution in [3.63, 3.8) is 0 Å². The third kappa shape index (κ3) is 3.34. The molecule has 0 spiro atoms. The van der Waals surface area contributed by atoms with Gasteiger partial charge in [-0.1, -0.05) is 0 Å². The van der Waals surface area contributed by atoms with E-state index in [2.05, 4.69) is 15.6 Å². The number of rotatable bonds is 8. The lowest BCUT2D eigenvalue weighted by Crippen LogP contribution is -2.75. The molecule has 0 aliphatic rings. The molecule has 0 saturated heterocycles. The summed E-state index contributed by atoms with van der Waals surface area (Å²) in [4.78, 5) is 0. The Morgan fingerprint density at radius 2 is 0.700 bits per heavy atom. The predicted molar refractivity (Wildman–Crippen MR) is 56.5 cm³/mol. The largest absolute Gasteiger partial charge is 0.460 e. The van der Waals surface area contributed by atoms with E-state index in [0.29, 0.717) is 0 Å². The zero-order valence-electron chi connectivity index (χ0n) is 12.4. The van der Waals surface area contributed by atoms with Crippen molar-refractivity contribution >= 4 is 22.0 Å². The molecule has 0 bridgehead atoms. The first-order valence-electron chi connectivity index (χ1n) is 5.82. The van der Waals surface area contributed by atoms with Gasteiger partial charge in [0.2, 0.25) is 0 Å². The highest BCUT2D eigenvalue weighted by atomic mass is 35.5. The third-order valence-corrected chi connectivity index (χ3v) is 4.64. The monoisotopic (exact) mass is 534 g/mol. The molecule has 0 N–H and O–H groups in total. The fourth-order valence-electron chi connectivity index (χ4n) is 1.35. The summed E-state index contributed by atoms with van der Waals surface area (Å²) in [5.41, 5.74) is 0. The molecule has 0 aliphatic carbocycles. The highest BCUT2D eigenvalue weighted by Gasteiger charge is 2.96. The molecule has 3 nitrogen and oxygen atoms in total. The molecule has 0 radical (unpaired) electrons. The van der Waals surface area contributed by atoms with E-state index in [9.17, 15) is 83.1 Å². The van der Waals surface area contributed by atoms with Gasteiger partial charge in [0.1, 0.15) is 0 Å². The fraction of sp³-hybridized carbons (Fsp3) is 1.00. The molecule has 0 unspecified atom stereocenters. The number of halogens is 18. The molecule has 0 amide bonds. The van der Waals surface area contributed by atoms with Crippen molar-refractivity contribution in [1.82, 2.24) is 0 Å². The molecule has 0 aliphatic heterocycles. The average Bonchev–Trinajstić information content (AvgIpc) is 2.52. The van der Waals surface area contributed by atoms with Crippen molar-refractivity contribution in [2.75, 3.05) is 0 Å². The van der Waals surface area contributed by atoms with E-state index in [1.165, 1.54) is 0 Å². The van der Waals surface area contributed by atoms with Crippen molar-refractivity contribution in [2.45, 2.75) is 47.0 Å². The minimum Gasteiger partial charge on any atom is -0.192 e. The molecule has 0 saturated carbocycles. The Bertz CT molecular complexity index is 753. The molecule has 0 fully saturated rings. The Labute approximate surface area is 157 Å². The van der Waals surface area contributed by atoms with Gasteiger partial charge < -0.3 is 0 Å². The number of hydrogen-bond acceptors (Lipinski definition) is 3. The van der Waals surface area contributed by atoms with Gasteiger partial charge in [0.15, 0.2) is 0 Å². The van der Waals surface area contributed by atoms with Crippen LogP contribution >= 0.6 is 11.9 Å². The first-order valence-corrected chi connectivity index (χ1v) is 7.54. The summed E-state index contributed by atoms with van der Waals surface area (Å²) in [6, 6.07) is 0. The standard InChI is InChI=1S/C8ClF17O3S/c9-29-30(27,28)8(25,26)6(20,21)4(16,17)2(12,13)1(10,11)3(14,15)5(18,19)7(22,23)24. The molecule has 0 atom stereocenters. The summed E-state index contributed by atoms with van der Waals surface area (Å²) in [7, 11) is -7.62. The van der Waals surface area contributed by atoms with Crippen LogP contribution in [0.1, 0.15) is 0 Å². The molecule has 0 heterocycles. The highest BCUT2D eigenvalue weighted by Crippen LogP contribution is 2.64. The molecule has 0 aromatic carbocycles. The van der Waals surface area contributed by atoms with Gasteiger partial charge >= 0.3 is 57.1 Å². The van der Waals surface area contributed by atoms with Gasteiger partial charge in [-0.15, -0.1) is 0 Å². The summed E-state index contributed by atoms with van der Waals surface area (Å²) in [5, 5.41) is -7.74. The Kier molecular flexibility index (Phi) is 6.77. The fourth-order valence-corrected chi connectivity index (χ4v) is 2.10. The van der Waals surface area contributed by atoms with Gasteiger partial charge in [0.25, 0.3) is 0 Å². The van der Waals surface area contributed by atoms with Gasteiger partial charge in [-0.2, -0.15) is 86.8 Å². The number of hydrogen-bond donors (Lipinski definition) is 0. The van der Waals surface area contributed by atoms with Crippen LogP contribution in [0.25, 0.3) is 0 Å². The Hall–Kier alpha value is -0.990. The first-order chi connectivity index (χ1) is 12.6. The van der Waals surface area contributed by atoms with Crippen LogP contribution < -0.4 is 0 Å². The Balaban J connectivity index is 6.93. The van der Waals surface area contributed by atoms with Gasteiger partial charge in [-0.25, -0.2) is 0 Å².